The summed E-state index contributed by atoms with van der Waals surface area (Å²) in [6.45, 7) is 6.56. The Morgan fingerprint density at radius 1 is 1.38 bits per heavy atom. The van der Waals surface area contributed by atoms with Gasteiger partial charge >= 0.3 is 0 Å². The van der Waals surface area contributed by atoms with Crippen LogP contribution in [0.15, 0.2) is 16.8 Å². The van der Waals surface area contributed by atoms with E-state index in [0.717, 1.165) is 0 Å². The predicted molar refractivity (Wildman–Crippen MR) is 84.4 cm³/mol. The quantitative estimate of drug-likeness (QED) is 0.684. The zero-order valence-electron chi connectivity index (χ0n) is 12.8. The molecule has 0 saturated heterocycles. The van der Waals surface area contributed by atoms with Crippen LogP contribution in [0.25, 0.3) is 0 Å². The Kier molecular flexibility index (Phi) is 6.84. The molecule has 0 aliphatic heterocycles. The van der Waals surface area contributed by atoms with E-state index in [-0.39, 0.29) is 29.8 Å². The van der Waals surface area contributed by atoms with E-state index in [1.54, 1.807) is 18.4 Å². The number of aliphatic hydroxyl groups excluding tert-OH is 1. The van der Waals surface area contributed by atoms with Gasteiger partial charge in [0.15, 0.2) is 0 Å². The molecule has 1 rings (SSSR count). The molecular formula is C15H24N2O3S. The molecule has 6 heteroatoms. The van der Waals surface area contributed by atoms with Crippen molar-refractivity contribution in [2.45, 2.75) is 39.7 Å². The molecule has 0 spiro atoms. The minimum Gasteiger partial charge on any atom is -0.393 e. The number of carbonyl (C=O) groups excluding carboxylic acids is 2. The van der Waals surface area contributed by atoms with Crippen molar-refractivity contribution in [3.05, 3.63) is 22.4 Å². The fraction of sp³-hybridized carbons (Fsp3) is 0.600. The van der Waals surface area contributed by atoms with Gasteiger partial charge in [0, 0.05) is 30.5 Å². The number of rotatable bonds is 8. The Morgan fingerprint density at radius 2 is 2.10 bits per heavy atom. The molecule has 0 saturated carbocycles. The zero-order valence-corrected chi connectivity index (χ0v) is 13.6. The Balaban J connectivity index is 2.21. The first-order valence-corrected chi connectivity index (χ1v) is 7.99. The maximum atomic E-state index is 11.7. The molecule has 2 amide bonds. The molecule has 3 N–H and O–H groups in total. The van der Waals surface area contributed by atoms with Gasteiger partial charge in [0.2, 0.25) is 5.91 Å². The summed E-state index contributed by atoms with van der Waals surface area (Å²) in [5, 5.41) is 18.5. The van der Waals surface area contributed by atoms with E-state index < -0.39 is 0 Å². The number of carbonyl (C=O) groups is 2. The van der Waals surface area contributed by atoms with Crippen molar-refractivity contribution in [1.29, 1.82) is 0 Å². The van der Waals surface area contributed by atoms with E-state index >= 15 is 0 Å². The Bertz CT molecular complexity index is 455. The lowest BCUT2D eigenvalue weighted by Gasteiger charge is -2.26. The van der Waals surface area contributed by atoms with Crippen LogP contribution < -0.4 is 10.6 Å². The number of amides is 2. The van der Waals surface area contributed by atoms with Crippen LogP contribution in [0.5, 0.6) is 0 Å². The lowest BCUT2D eigenvalue weighted by atomic mass is 9.87. The lowest BCUT2D eigenvalue weighted by Crippen LogP contribution is -2.37. The van der Waals surface area contributed by atoms with Crippen LogP contribution in [0.4, 0.5) is 0 Å². The molecule has 1 atom stereocenters. The second kappa shape index (κ2) is 8.14. The average Bonchev–Trinajstić information content (AvgIpc) is 2.88. The minimum atomic E-state index is -0.387. The highest BCUT2D eigenvalue weighted by Gasteiger charge is 2.20. The smallest absolute Gasteiger partial charge is 0.252 e. The van der Waals surface area contributed by atoms with Gasteiger partial charge in [-0.3, -0.25) is 9.59 Å². The van der Waals surface area contributed by atoms with Gasteiger partial charge in [-0.05, 0) is 30.2 Å². The van der Waals surface area contributed by atoms with Gasteiger partial charge in [-0.25, -0.2) is 0 Å². The topological polar surface area (TPSA) is 78.4 Å². The van der Waals surface area contributed by atoms with Crippen LogP contribution in [0.2, 0.25) is 0 Å². The Morgan fingerprint density at radius 3 is 2.67 bits per heavy atom. The first kappa shape index (κ1) is 17.7. The molecule has 1 aromatic heterocycles. The lowest BCUT2D eigenvalue weighted by molar-refractivity contribution is -0.121. The normalized spacial score (nSPS) is 12.8. The van der Waals surface area contributed by atoms with Crippen LogP contribution >= 0.6 is 11.3 Å². The van der Waals surface area contributed by atoms with Crippen molar-refractivity contribution >= 4 is 23.2 Å². The number of thiophene rings is 1. The van der Waals surface area contributed by atoms with E-state index in [1.807, 2.05) is 19.2 Å². The van der Waals surface area contributed by atoms with Crippen LogP contribution in [-0.2, 0) is 4.79 Å². The molecule has 1 aromatic rings. The molecule has 0 aliphatic carbocycles. The Labute approximate surface area is 129 Å². The molecule has 5 nitrogen and oxygen atoms in total. The maximum absolute atomic E-state index is 11.7. The largest absolute Gasteiger partial charge is 0.393 e. The summed E-state index contributed by atoms with van der Waals surface area (Å²) in [5.41, 5.74) is 0.475. The molecule has 118 valence electrons. The van der Waals surface area contributed by atoms with Crippen molar-refractivity contribution in [3.63, 3.8) is 0 Å². The van der Waals surface area contributed by atoms with E-state index in [9.17, 15) is 14.7 Å². The van der Waals surface area contributed by atoms with E-state index in [0.29, 0.717) is 25.1 Å². The van der Waals surface area contributed by atoms with Gasteiger partial charge in [-0.15, -0.1) is 0 Å². The standard InChI is InChI=1S/C15H24N2O3S/c1-11(18)8-15(2,3)10-17-13(19)4-6-16-14(20)12-5-7-21-9-12/h5,7,9,11,18H,4,6,8,10H2,1-3H3,(H,16,20)(H,17,19). The van der Waals surface area contributed by atoms with E-state index in [2.05, 4.69) is 10.6 Å². The fourth-order valence-electron chi connectivity index (χ4n) is 2.08. The van der Waals surface area contributed by atoms with Crippen LogP contribution in [0.3, 0.4) is 0 Å². The van der Waals surface area contributed by atoms with Gasteiger partial charge in [-0.2, -0.15) is 11.3 Å². The van der Waals surface area contributed by atoms with Crippen molar-refractivity contribution in [1.82, 2.24) is 10.6 Å². The molecule has 0 aromatic carbocycles. The molecule has 0 bridgehead atoms. The van der Waals surface area contributed by atoms with Crippen molar-refractivity contribution in [2.75, 3.05) is 13.1 Å². The third kappa shape index (κ3) is 7.24. The molecule has 0 fully saturated rings. The van der Waals surface area contributed by atoms with Gasteiger partial charge in [-0.1, -0.05) is 13.8 Å². The average molecular weight is 312 g/mol. The summed E-state index contributed by atoms with van der Waals surface area (Å²) in [6.07, 6.45) is 0.491. The predicted octanol–water partition coefficient (Wildman–Crippen LogP) is 1.78. The SMILES string of the molecule is CC(O)CC(C)(C)CNC(=O)CCNC(=O)c1ccsc1. The summed E-state index contributed by atoms with van der Waals surface area (Å²) >= 11 is 1.46. The molecular weight excluding hydrogens is 288 g/mol. The van der Waals surface area contributed by atoms with E-state index in [4.69, 9.17) is 0 Å². The first-order valence-electron chi connectivity index (χ1n) is 7.05. The highest BCUT2D eigenvalue weighted by molar-refractivity contribution is 7.08. The summed E-state index contributed by atoms with van der Waals surface area (Å²) in [5.74, 6) is -0.252. The first-order chi connectivity index (χ1) is 9.80. The van der Waals surface area contributed by atoms with Crippen LogP contribution in [0.1, 0.15) is 44.0 Å². The molecule has 1 unspecified atom stereocenters. The van der Waals surface area contributed by atoms with E-state index in [1.165, 1.54) is 11.3 Å². The molecule has 21 heavy (non-hydrogen) atoms. The molecule has 0 aliphatic rings. The van der Waals surface area contributed by atoms with Crippen molar-refractivity contribution < 1.29 is 14.7 Å². The Hall–Kier alpha value is -1.40. The third-order valence-electron chi connectivity index (χ3n) is 3.03. The van der Waals surface area contributed by atoms with Gasteiger partial charge in [0.05, 0.1) is 6.10 Å². The number of hydrogen-bond acceptors (Lipinski definition) is 4. The molecule has 0 radical (unpaired) electrons. The van der Waals surface area contributed by atoms with Gasteiger partial charge in [0.1, 0.15) is 0 Å². The second-order valence-electron chi connectivity index (χ2n) is 6.01. The highest BCUT2D eigenvalue weighted by Crippen LogP contribution is 2.20. The maximum Gasteiger partial charge on any atom is 0.252 e. The van der Waals surface area contributed by atoms with Gasteiger partial charge < -0.3 is 15.7 Å². The number of hydrogen-bond donors (Lipinski definition) is 3. The van der Waals surface area contributed by atoms with Gasteiger partial charge in [0.25, 0.3) is 5.91 Å². The monoisotopic (exact) mass is 312 g/mol. The molecule has 1 heterocycles. The van der Waals surface area contributed by atoms with Crippen molar-refractivity contribution in [2.24, 2.45) is 5.41 Å². The van der Waals surface area contributed by atoms with Crippen LogP contribution in [0, 0.1) is 5.41 Å². The summed E-state index contributed by atoms with van der Waals surface area (Å²) in [4.78, 5) is 23.4. The minimum absolute atomic E-state index is 0.0979. The number of nitrogens with one attached hydrogen (secondary N) is 2. The third-order valence-corrected chi connectivity index (χ3v) is 3.72. The van der Waals surface area contributed by atoms with Crippen LogP contribution in [-0.4, -0.2) is 36.1 Å². The zero-order chi connectivity index (χ0) is 15.9. The second-order valence-corrected chi connectivity index (χ2v) is 6.79. The van der Waals surface area contributed by atoms with Crippen molar-refractivity contribution in [3.8, 4) is 0 Å². The summed E-state index contributed by atoms with van der Waals surface area (Å²) < 4.78 is 0. The summed E-state index contributed by atoms with van der Waals surface area (Å²) in [6, 6.07) is 1.75. The highest BCUT2D eigenvalue weighted by atomic mass is 32.1. The summed E-state index contributed by atoms with van der Waals surface area (Å²) in [7, 11) is 0. The fourth-order valence-corrected chi connectivity index (χ4v) is 2.72. The number of aliphatic hydroxyl groups is 1.